The minimum atomic E-state index is -0.546. The zero-order valence-electron chi connectivity index (χ0n) is 19.7. The normalized spacial score (nSPS) is 26.1. The molecule has 3 heterocycles. The summed E-state index contributed by atoms with van der Waals surface area (Å²) < 4.78 is 5.72. The monoisotopic (exact) mass is 472 g/mol. The maximum absolute atomic E-state index is 13.4. The average molecular weight is 473 g/mol. The number of amides is 3. The molecular weight excluding hydrogens is 436 g/mol. The molecule has 3 aliphatic rings. The molecule has 3 saturated heterocycles. The second-order valence-corrected chi connectivity index (χ2v) is 9.68. The molecule has 3 atom stereocenters. The van der Waals surface area contributed by atoms with Crippen molar-refractivity contribution in [3.63, 3.8) is 0 Å². The zero-order chi connectivity index (χ0) is 23.9. The molecule has 3 aliphatic heterocycles. The lowest BCUT2D eigenvalue weighted by Gasteiger charge is -2.40. The Bertz CT molecular complexity index is 837. The third-order valence-corrected chi connectivity index (χ3v) is 7.40. The van der Waals surface area contributed by atoms with Crippen LogP contribution in [-0.4, -0.2) is 77.8 Å². The topological polar surface area (TPSA) is 111 Å². The summed E-state index contributed by atoms with van der Waals surface area (Å²) in [6.07, 6.45) is 4.53. The van der Waals surface area contributed by atoms with Gasteiger partial charge in [0.2, 0.25) is 11.8 Å². The van der Waals surface area contributed by atoms with Gasteiger partial charge in [-0.2, -0.15) is 0 Å². The highest BCUT2D eigenvalue weighted by Crippen LogP contribution is 2.30. The highest BCUT2D eigenvalue weighted by atomic mass is 16.6. The molecule has 3 fully saturated rings. The van der Waals surface area contributed by atoms with E-state index in [0.29, 0.717) is 45.1 Å². The Morgan fingerprint density at radius 1 is 1.00 bits per heavy atom. The smallest absolute Gasteiger partial charge is 0.410 e. The highest BCUT2D eigenvalue weighted by molar-refractivity contribution is 5.84. The van der Waals surface area contributed by atoms with Gasteiger partial charge in [-0.05, 0) is 55.9 Å². The minimum absolute atomic E-state index is 0.0157. The maximum atomic E-state index is 13.4. The van der Waals surface area contributed by atoms with E-state index < -0.39 is 18.1 Å². The summed E-state index contributed by atoms with van der Waals surface area (Å²) in [6.45, 7) is 3.12. The van der Waals surface area contributed by atoms with Gasteiger partial charge in [0.1, 0.15) is 6.10 Å². The van der Waals surface area contributed by atoms with Crippen LogP contribution in [0.3, 0.4) is 0 Å². The van der Waals surface area contributed by atoms with Gasteiger partial charge >= 0.3 is 6.09 Å². The van der Waals surface area contributed by atoms with E-state index in [9.17, 15) is 14.4 Å². The van der Waals surface area contributed by atoms with Crippen LogP contribution in [0.4, 0.5) is 4.79 Å². The van der Waals surface area contributed by atoms with Crippen molar-refractivity contribution in [2.24, 2.45) is 5.92 Å². The average Bonchev–Trinajstić information content (AvgIpc) is 2.89. The number of nitrogens with zero attached hydrogens (tertiary/aromatic N) is 2. The van der Waals surface area contributed by atoms with Crippen LogP contribution in [0.1, 0.15) is 56.4 Å². The van der Waals surface area contributed by atoms with Gasteiger partial charge in [0.25, 0.3) is 0 Å². The standard InChI is InChI=1S/C25H36N4O5/c30-22(27-33)16-20-15-21(34-25(32)29-11-5-2-6-12-29)17-26-23(20)24(31)28-13-9-19(10-14-28)18-7-3-1-4-8-18/h1,3-4,7-8,19-21,23,26,33H,2,5-6,9-17H2,(H,27,30)/t20-,21-,23-/m0/s1. The first kappa shape index (κ1) is 24.5. The molecule has 4 rings (SSSR count). The van der Waals surface area contributed by atoms with Crippen LogP contribution in [-0.2, 0) is 14.3 Å². The number of likely N-dealkylation sites (tertiary alicyclic amines) is 2. The number of hydrogen-bond donors (Lipinski definition) is 3. The second-order valence-electron chi connectivity index (χ2n) is 9.68. The van der Waals surface area contributed by atoms with E-state index in [-0.39, 0.29) is 24.3 Å². The molecule has 3 amide bonds. The van der Waals surface area contributed by atoms with Crippen molar-refractivity contribution < 1.29 is 24.3 Å². The van der Waals surface area contributed by atoms with E-state index in [1.54, 1.807) is 10.4 Å². The van der Waals surface area contributed by atoms with Crippen molar-refractivity contribution in [1.29, 1.82) is 0 Å². The lowest BCUT2D eigenvalue weighted by atomic mass is 9.84. The summed E-state index contributed by atoms with van der Waals surface area (Å²) >= 11 is 0. The largest absolute Gasteiger partial charge is 0.445 e. The highest BCUT2D eigenvalue weighted by Gasteiger charge is 2.40. The fourth-order valence-corrected chi connectivity index (χ4v) is 5.49. The van der Waals surface area contributed by atoms with E-state index >= 15 is 0 Å². The Hall–Kier alpha value is -2.65. The molecule has 0 aromatic heterocycles. The molecule has 186 valence electrons. The number of hydroxylamine groups is 1. The van der Waals surface area contributed by atoms with Crippen molar-refractivity contribution in [2.75, 3.05) is 32.7 Å². The van der Waals surface area contributed by atoms with Gasteiger partial charge < -0.3 is 19.9 Å². The second kappa shape index (κ2) is 11.7. The van der Waals surface area contributed by atoms with Crippen LogP contribution in [0, 0.1) is 5.92 Å². The molecule has 9 heteroatoms. The molecule has 0 bridgehead atoms. The van der Waals surface area contributed by atoms with E-state index in [1.165, 1.54) is 5.56 Å². The molecular formula is C25H36N4O5. The first-order valence-electron chi connectivity index (χ1n) is 12.5. The first-order valence-corrected chi connectivity index (χ1v) is 12.5. The Labute approximate surface area is 200 Å². The number of ether oxygens (including phenoxy) is 1. The summed E-state index contributed by atoms with van der Waals surface area (Å²) in [5, 5.41) is 12.3. The number of carbonyl (C=O) groups excluding carboxylic acids is 3. The lowest BCUT2D eigenvalue weighted by Crippen LogP contribution is -2.58. The third-order valence-electron chi connectivity index (χ3n) is 7.40. The van der Waals surface area contributed by atoms with Gasteiger partial charge in [-0.1, -0.05) is 30.3 Å². The van der Waals surface area contributed by atoms with Gasteiger partial charge in [0.15, 0.2) is 0 Å². The Morgan fingerprint density at radius 2 is 1.71 bits per heavy atom. The van der Waals surface area contributed by atoms with E-state index in [1.807, 2.05) is 23.1 Å². The van der Waals surface area contributed by atoms with Gasteiger partial charge in [-0.3, -0.25) is 14.8 Å². The van der Waals surface area contributed by atoms with Crippen LogP contribution in [0.5, 0.6) is 0 Å². The van der Waals surface area contributed by atoms with E-state index in [4.69, 9.17) is 9.94 Å². The predicted octanol–water partition coefficient (Wildman–Crippen LogP) is 2.26. The molecule has 0 spiro atoms. The minimum Gasteiger partial charge on any atom is -0.445 e. The van der Waals surface area contributed by atoms with Crippen molar-refractivity contribution in [2.45, 2.75) is 63.0 Å². The summed E-state index contributed by atoms with van der Waals surface area (Å²) in [5.41, 5.74) is 2.98. The number of rotatable bonds is 5. The van der Waals surface area contributed by atoms with Crippen molar-refractivity contribution in [3.8, 4) is 0 Å². The van der Waals surface area contributed by atoms with Gasteiger partial charge in [0, 0.05) is 39.1 Å². The lowest BCUT2D eigenvalue weighted by molar-refractivity contribution is -0.139. The van der Waals surface area contributed by atoms with Crippen LogP contribution in [0.2, 0.25) is 0 Å². The van der Waals surface area contributed by atoms with Crippen LogP contribution < -0.4 is 10.8 Å². The van der Waals surface area contributed by atoms with Crippen LogP contribution in [0.25, 0.3) is 0 Å². The molecule has 34 heavy (non-hydrogen) atoms. The van der Waals surface area contributed by atoms with Gasteiger partial charge in [-0.25, -0.2) is 10.3 Å². The van der Waals surface area contributed by atoms with Crippen molar-refractivity contribution in [3.05, 3.63) is 35.9 Å². The Balaban J connectivity index is 1.35. The number of hydrogen-bond acceptors (Lipinski definition) is 6. The summed E-state index contributed by atoms with van der Waals surface area (Å²) in [4.78, 5) is 41.5. The van der Waals surface area contributed by atoms with Gasteiger partial charge in [0.05, 0.1) is 6.04 Å². The Morgan fingerprint density at radius 3 is 2.38 bits per heavy atom. The molecule has 3 N–H and O–H groups in total. The summed E-state index contributed by atoms with van der Waals surface area (Å²) in [5.74, 6) is -0.503. The third kappa shape index (κ3) is 6.07. The number of benzene rings is 1. The van der Waals surface area contributed by atoms with Crippen LogP contribution >= 0.6 is 0 Å². The molecule has 1 aromatic rings. The number of nitrogens with one attached hydrogen (secondary N) is 2. The molecule has 0 aliphatic carbocycles. The Kier molecular flexibility index (Phi) is 8.39. The summed E-state index contributed by atoms with van der Waals surface area (Å²) in [7, 11) is 0. The fraction of sp³-hybridized carbons (Fsp3) is 0.640. The van der Waals surface area contributed by atoms with E-state index in [2.05, 4.69) is 17.4 Å². The molecule has 0 saturated carbocycles. The number of piperidine rings is 3. The predicted molar refractivity (Wildman–Crippen MR) is 125 cm³/mol. The quantitative estimate of drug-likeness (QED) is 0.448. The molecule has 0 radical (unpaired) electrons. The molecule has 9 nitrogen and oxygen atoms in total. The molecule has 1 aromatic carbocycles. The van der Waals surface area contributed by atoms with Crippen molar-refractivity contribution >= 4 is 17.9 Å². The van der Waals surface area contributed by atoms with Crippen LogP contribution in [0.15, 0.2) is 30.3 Å². The maximum Gasteiger partial charge on any atom is 0.410 e. The molecule has 0 unspecified atom stereocenters. The number of carbonyl (C=O) groups is 3. The van der Waals surface area contributed by atoms with E-state index in [0.717, 1.165) is 32.1 Å². The first-order chi connectivity index (χ1) is 16.5. The van der Waals surface area contributed by atoms with Gasteiger partial charge in [-0.15, -0.1) is 0 Å². The fourth-order valence-electron chi connectivity index (χ4n) is 5.49. The summed E-state index contributed by atoms with van der Waals surface area (Å²) in [6, 6.07) is 9.83. The SMILES string of the molecule is O=C(C[C@@H]1C[C@H](OC(=O)N2CCCCC2)CN[C@@H]1C(=O)N1CCC(c2ccccc2)CC1)NO. The van der Waals surface area contributed by atoms with Crippen molar-refractivity contribution in [1.82, 2.24) is 20.6 Å². The zero-order valence-corrected chi connectivity index (χ0v) is 19.7.